The molecule has 0 bridgehead atoms. The lowest BCUT2D eigenvalue weighted by molar-refractivity contribution is -0.139. The normalized spacial score (nSPS) is 16.0. The molecule has 0 atom stereocenters. The lowest BCUT2D eigenvalue weighted by atomic mass is 9.95. The number of rotatable bonds is 3. The first-order valence-corrected chi connectivity index (χ1v) is 6.97. The molecule has 0 unspecified atom stereocenters. The van der Waals surface area contributed by atoms with Crippen LogP contribution in [0.5, 0.6) is 0 Å². The van der Waals surface area contributed by atoms with Crippen molar-refractivity contribution >= 4 is 11.8 Å². The standard InChI is InChI=1S/C15H21N3O2/c1-12(19)18-9-5-14(6-10-18)15(20)17(2)11-13-3-7-16-8-4-13/h3-4,7-8,14H,5-6,9-11H2,1-2H3. The lowest BCUT2D eigenvalue weighted by Crippen LogP contribution is -2.42. The molecule has 0 saturated carbocycles. The number of pyridine rings is 1. The lowest BCUT2D eigenvalue weighted by Gasteiger charge is -2.32. The molecule has 1 saturated heterocycles. The molecule has 0 N–H and O–H groups in total. The third-order valence-electron chi connectivity index (χ3n) is 3.83. The minimum atomic E-state index is 0.0393. The van der Waals surface area contributed by atoms with Gasteiger partial charge >= 0.3 is 0 Å². The summed E-state index contributed by atoms with van der Waals surface area (Å²) in [6.07, 6.45) is 5.00. The fraction of sp³-hybridized carbons (Fsp3) is 0.533. The van der Waals surface area contributed by atoms with E-state index in [1.54, 1.807) is 24.2 Å². The Hall–Kier alpha value is -1.91. The van der Waals surface area contributed by atoms with Crippen LogP contribution in [0, 0.1) is 5.92 Å². The Bertz CT molecular complexity index is 467. The van der Waals surface area contributed by atoms with Gasteiger partial charge in [-0.25, -0.2) is 0 Å². The highest BCUT2D eigenvalue weighted by atomic mass is 16.2. The van der Waals surface area contributed by atoms with Crippen molar-refractivity contribution in [2.24, 2.45) is 5.92 Å². The van der Waals surface area contributed by atoms with Crippen molar-refractivity contribution in [3.63, 3.8) is 0 Å². The van der Waals surface area contributed by atoms with Gasteiger partial charge in [0.05, 0.1) is 0 Å². The molecule has 2 amide bonds. The molecule has 0 spiro atoms. The second-order valence-electron chi connectivity index (χ2n) is 5.33. The minimum Gasteiger partial charge on any atom is -0.343 e. The molecule has 5 heteroatoms. The van der Waals surface area contributed by atoms with Crippen molar-refractivity contribution in [2.45, 2.75) is 26.3 Å². The second kappa shape index (κ2) is 6.50. The summed E-state index contributed by atoms with van der Waals surface area (Å²) in [5.74, 6) is 0.309. The van der Waals surface area contributed by atoms with E-state index in [0.717, 1.165) is 18.4 Å². The van der Waals surface area contributed by atoms with Crippen molar-refractivity contribution in [2.75, 3.05) is 20.1 Å². The van der Waals surface area contributed by atoms with Crippen LogP contribution in [-0.2, 0) is 16.1 Å². The van der Waals surface area contributed by atoms with Gasteiger partial charge in [-0.3, -0.25) is 14.6 Å². The number of nitrogens with zero attached hydrogens (tertiary/aromatic N) is 3. The summed E-state index contributed by atoms with van der Waals surface area (Å²) < 4.78 is 0. The molecule has 0 aliphatic carbocycles. The average molecular weight is 275 g/mol. The summed E-state index contributed by atoms with van der Waals surface area (Å²) in [6.45, 7) is 3.57. The number of piperidine rings is 1. The van der Waals surface area contributed by atoms with Gasteiger partial charge in [0, 0.05) is 51.9 Å². The van der Waals surface area contributed by atoms with E-state index in [1.165, 1.54) is 0 Å². The molecule has 0 aromatic carbocycles. The Morgan fingerprint density at radius 2 is 1.90 bits per heavy atom. The molecule has 20 heavy (non-hydrogen) atoms. The topological polar surface area (TPSA) is 53.5 Å². The second-order valence-corrected chi connectivity index (χ2v) is 5.33. The first-order chi connectivity index (χ1) is 9.58. The van der Waals surface area contributed by atoms with Crippen molar-refractivity contribution in [1.82, 2.24) is 14.8 Å². The largest absolute Gasteiger partial charge is 0.343 e. The van der Waals surface area contributed by atoms with Gasteiger partial charge in [-0.2, -0.15) is 0 Å². The molecule has 1 aliphatic heterocycles. The van der Waals surface area contributed by atoms with E-state index < -0.39 is 0 Å². The molecule has 108 valence electrons. The van der Waals surface area contributed by atoms with E-state index >= 15 is 0 Å². The van der Waals surface area contributed by atoms with Gasteiger partial charge in [-0.05, 0) is 30.5 Å². The van der Waals surface area contributed by atoms with Crippen LogP contribution in [0.3, 0.4) is 0 Å². The van der Waals surface area contributed by atoms with Crippen LogP contribution in [0.1, 0.15) is 25.3 Å². The van der Waals surface area contributed by atoms with Gasteiger partial charge in [0.1, 0.15) is 0 Å². The molecule has 1 aromatic rings. The maximum Gasteiger partial charge on any atom is 0.225 e. The zero-order chi connectivity index (χ0) is 14.5. The Labute approximate surface area is 119 Å². The van der Waals surface area contributed by atoms with Gasteiger partial charge in [0.25, 0.3) is 0 Å². The van der Waals surface area contributed by atoms with Crippen molar-refractivity contribution < 1.29 is 9.59 Å². The third kappa shape index (κ3) is 3.56. The zero-order valence-electron chi connectivity index (χ0n) is 12.1. The summed E-state index contributed by atoms with van der Waals surface area (Å²) in [5, 5.41) is 0. The molecule has 1 aliphatic rings. The quantitative estimate of drug-likeness (QED) is 0.835. The molecule has 1 fully saturated rings. The van der Waals surface area contributed by atoms with Gasteiger partial charge in [-0.1, -0.05) is 0 Å². The summed E-state index contributed by atoms with van der Waals surface area (Å²) in [5.41, 5.74) is 1.08. The van der Waals surface area contributed by atoms with Gasteiger partial charge < -0.3 is 9.80 Å². The zero-order valence-corrected chi connectivity index (χ0v) is 12.1. The van der Waals surface area contributed by atoms with Gasteiger partial charge in [0.15, 0.2) is 0 Å². The van der Waals surface area contributed by atoms with E-state index in [1.807, 2.05) is 24.1 Å². The van der Waals surface area contributed by atoms with Crippen LogP contribution in [0.15, 0.2) is 24.5 Å². The molecule has 5 nitrogen and oxygen atoms in total. The smallest absolute Gasteiger partial charge is 0.225 e. The number of hydrogen-bond donors (Lipinski definition) is 0. The van der Waals surface area contributed by atoms with E-state index in [0.29, 0.717) is 19.6 Å². The fourth-order valence-electron chi connectivity index (χ4n) is 2.59. The van der Waals surface area contributed by atoms with Crippen LogP contribution in [0.4, 0.5) is 0 Å². The highest BCUT2D eigenvalue weighted by Crippen LogP contribution is 2.20. The fourth-order valence-corrected chi connectivity index (χ4v) is 2.59. The van der Waals surface area contributed by atoms with Crippen molar-refractivity contribution in [3.8, 4) is 0 Å². The summed E-state index contributed by atoms with van der Waals surface area (Å²) in [6, 6.07) is 3.84. The first-order valence-electron chi connectivity index (χ1n) is 6.97. The monoisotopic (exact) mass is 275 g/mol. The van der Waals surface area contributed by atoms with Gasteiger partial charge in [0.2, 0.25) is 11.8 Å². The maximum absolute atomic E-state index is 12.4. The van der Waals surface area contributed by atoms with E-state index in [-0.39, 0.29) is 17.7 Å². The Morgan fingerprint density at radius 1 is 1.30 bits per heavy atom. The number of carbonyl (C=O) groups excluding carboxylic acids is 2. The van der Waals surface area contributed by atoms with Crippen LogP contribution in [-0.4, -0.2) is 46.7 Å². The van der Waals surface area contributed by atoms with Crippen LogP contribution in [0.25, 0.3) is 0 Å². The van der Waals surface area contributed by atoms with Crippen molar-refractivity contribution in [3.05, 3.63) is 30.1 Å². The number of likely N-dealkylation sites (tertiary alicyclic amines) is 1. The Kier molecular flexibility index (Phi) is 4.71. The maximum atomic E-state index is 12.4. The predicted octanol–water partition coefficient (Wildman–Crippen LogP) is 1.30. The first kappa shape index (κ1) is 14.5. The molecular weight excluding hydrogens is 254 g/mol. The Morgan fingerprint density at radius 3 is 2.45 bits per heavy atom. The molecular formula is C15H21N3O2. The number of amides is 2. The summed E-state index contributed by atoms with van der Waals surface area (Å²) in [7, 11) is 1.83. The van der Waals surface area contributed by atoms with E-state index in [2.05, 4.69) is 4.98 Å². The number of carbonyl (C=O) groups is 2. The van der Waals surface area contributed by atoms with E-state index in [4.69, 9.17) is 0 Å². The average Bonchev–Trinajstić information content (AvgIpc) is 2.47. The minimum absolute atomic E-state index is 0.0393. The Balaban J connectivity index is 1.87. The predicted molar refractivity (Wildman–Crippen MR) is 75.7 cm³/mol. The molecule has 2 heterocycles. The highest BCUT2D eigenvalue weighted by molar-refractivity contribution is 5.79. The number of hydrogen-bond acceptors (Lipinski definition) is 3. The third-order valence-corrected chi connectivity index (χ3v) is 3.83. The summed E-state index contributed by atoms with van der Waals surface area (Å²) in [4.78, 5) is 31.2. The van der Waals surface area contributed by atoms with Crippen LogP contribution in [0.2, 0.25) is 0 Å². The van der Waals surface area contributed by atoms with Gasteiger partial charge in [-0.15, -0.1) is 0 Å². The number of aromatic nitrogens is 1. The molecule has 2 rings (SSSR count). The molecule has 0 radical (unpaired) electrons. The van der Waals surface area contributed by atoms with Crippen LogP contribution < -0.4 is 0 Å². The van der Waals surface area contributed by atoms with E-state index in [9.17, 15) is 9.59 Å². The van der Waals surface area contributed by atoms with Crippen LogP contribution >= 0.6 is 0 Å². The highest BCUT2D eigenvalue weighted by Gasteiger charge is 2.27. The SMILES string of the molecule is CC(=O)N1CCC(C(=O)N(C)Cc2ccncc2)CC1. The summed E-state index contributed by atoms with van der Waals surface area (Å²) >= 11 is 0. The van der Waals surface area contributed by atoms with Crippen molar-refractivity contribution in [1.29, 1.82) is 0 Å². The molecule has 1 aromatic heterocycles.